The molecular formula is C18H22N2O3S. The Morgan fingerprint density at radius 3 is 2.71 bits per heavy atom. The topological polar surface area (TPSA) is 66.5 Å². The third kappa shape index (κ3) is 3.64. The number of carbonyl (C=O) groups excluding carboxylic acids is 3. The van der Waals surface area contributed by atoms with Crippen LogP contribution in [0.3, 0.4) is 0 Å². The lowest BCUT2D eigenvalue weighted by Crippen LogP contribution is -2.44. The number of aldehydes is 1. The van der Waals surface area contributed by atoms with Crippen molar-refractivity contribution in [2.45, 2.75) is 31.8 Å². The van der Waals surface area contributed by atoms with Crippen LogP contribution in [0.1, 0.15) is 24.8 Å². The zero-order valence-corrected chi connectivity index (χ0v) is 14.3. The molecular weight excluding hydrogens is 324 g/mol. The fourth-order valence-corrected chi connectivity index (χ4v) is 4.62. The normalized spacial score (nSPS) is 26.3. The number of benzene rings is 1. The fraction of sp³-hybridized carbons (Fsp3) is 0.500. The molecule has 128 valence electrons. The minimum absolute atomic E-state index is 0.0329. The summed E-state index contributed by atoms with van der Waals surface area (Å²) in [6.45, 7) is 0.480. The molecule has 2 unspecified atom stereocenters. The van der Waals surface area contributed by atoms with Crippen molar-refractivity contribution in [3.05, 3.63) is 35.9 Å². The summed E-state index contributed by atoms with van der Waals surface area (Å²) in [6.07, 6.45) is 3.20. The van der Waals surface area contributed by atoms with Gasteiger partial charge in [-0.1, -0.05) is 36.8 Å². The molecule has 6 heteroatoms. The predicted molar refractivity (Wildman–Crippen MR) is 93.1 cm³/mol. The standard InChI is InChI=1S/C18H22N2O3S/c21-10-14-11-24-12-20(14)18(23)16-8-4-7-15(16)17(22)19-9-13-5-2-1-3-6-13/h1-3,5-6,10,14-16H,4,7-9,11-12H2,(H,19,22)/t14-,15?,16?/m1/s1. The van der Waals surface area contributed by atoms with Gasteiger partial charge in [0, 0.05) is 24.1 Å². The fourth-order valence-electron chi connectivity index (χ4n) is 3.50. The summed E-state index contributed by atoms with van der Waals surface area (Å²) in [5, 5.41) is 2.96. The third-order valence-electron chi connectivity index (χ3n) is 4.84. The van der Waals surface area contributed by atoms with E-state index < -0.39 is 0 Å². The summed E-state index contributed by atoms with van der Waals surface area (Å²) in [5.74, 6) is 0.559. The number of carbonyl (C=O) groups is 3. The van der Waals surface area contributed by atoms with Crippen LogP contribution in [0.2, 0.25) is 0 Å². The molecule has 2 aliphatic rings. The first-order valence-corrected chi connectivity index (χ1v) is 9.51. The van der Waals surface area contributed by atoms with Gasteiger partial charge in [0.05, 0.1) is 11.9 Å². The van der Waals surface area contributed by atoms with Crippen LogP contribution >= 0.6 is 11.8 Å². The number of amides is 2. The molecule has 0 bridgehead atoms. The van der Waals surface area contributed by atoms with Gasteiger partial charge in [-0.15, -0.1) is 11.8 Å². The Labute approximate surface area is 146 Å². The van der Waals surface area contributed by atoms with Gasteiger partial charge >= 0.3 is 0 Å². The molecule has 1 aromatic rings. The number of hydrogen-bond acceptors (Lipinski definition) is 4. The molecule has 1 aliphatic carbocycles. The van der Waals surface area contributed by atoms with Crippen molar-refractivity contribution >= 4 is 29.9 Å². The van der Waals surface area contributed by atoms with Crippen LogP contribution in [0.25, 0.3) is 0 Å². The molecule has 1 N–H and O–H groups in total. The maximum Gasteiger partial charge on any atom is 0.227 e. The summed E-state index contributed by atoms with van der Waals surface area (Å²) >= 11 is 1.59. The van der Waals surface area contributed by atoms with Gasteiger partial charge in [0.1, 0.15) is 6.29 Å². The molecule has 0 radical (unpaired) electrons. The SMILES string of the molecule is O=C[C@@H]1CSCN1C(=O)C1CCCC1C(=O)NCc1ccccc1. The molecule has 1 saturated carbocycles. The molecule has 5 nitrogen and oxygen atoms in total. The van der Waals surface area contributed by atoms with Crippen molar-refractivity contribution in [2.75, 3.05) is 11.6 Å². The van der Waals surface area contributed by atoms with Crippen molar-refractivity contribution in [3.63, 3.8) is 0 Å². The van der Waals surface area contributed by atoms with Gasteiger partial charge in [0.2, 0.25) is 11.8 Å². The van der Waals surface area contributed by atoms with Crippen LogP contribution in [0.5, 0.6) is 0 Å². The van der Waals surface area contributed by atoms with Gasteiger partial charge in [-0.25, -0.2) is 0 Å². The first kappa shape index (κ1) is 17.0. The van der Waals surface area contributed by atoms with E-state index in [1.54, 1.807) is 16.7 Å². The maximum atomic E-state index is 12.8. The Hall–Kier alpha value is -1.82. The van der Waals surface area contributed by atoms with Crippen LogP contribution in [-0.4, -0.2) is 40.7 Å². The molecule has 0 spiro atoms. The molecule has 2 amide bonds. The molecule has 24 heavy (non-hydrogen) atoms. The average Bonchev–Trinajstić information content (AvgIpc) is 3.28. The zero-order valence-electron chi connectivity index (χ0n) is 13.5. The summed E-state index contributed by atoms with van der Waals surface area (Å²) in [6, 6.07) is 9.41. The number of hydrogen-bond donors (Lipinski definition) is 1. The number of nitrogens with zero attached hydrogens (tertiary/aromatic N) is 1. The highest BCUT2D eigenvalue weighted by Gasteiger charge is 2.42. The highest BCUT2D eigenvalue weighted by Crippen LogP contribution is 2.35. The number of nitrogens with one attached hydrogen (secondary N) is 1. The quantitative estimate of drug-likeness (QED) is 0.826. The molecule has 0 aromatic heterocycles. The van der Waals surface area contributed by atoms with Gasteiger partial charge in [0.15, 0.2) is 0 Å². The van der Waals surface area contributed by atoms with E-state index in [-0.39, 0.29) is 29.7 Å². The molecule has 1 aromatic carbocycles. The van der Waals surface area contributed by atoms with Gasteiger partial charge in [0.25, 0.3) is 0 Å². The summed E-state index contributed by atoms with van der Waals surface area (Å²) in [5.41, 5.74) is 1.05. The molecule has 2 fully saturated rings. The Morgan fingerprint density at radius 2 is 1.96 bits per heavy atom. The van der Waals surface area contributed by atoms with Crippen LogP contribution in [0, 0.1) is 11.8 Å². The lowest BCUT2D eigenvalue weighted by atomic mass is 9.93. The van der Waals surface area contributed by atoms with Gasteiger partial charge in [-0.2, -0.15) is 0 Å². The van der Waals surface area contributed by atoms with Crippen LogP contribution < -0.4 is 5.32 Å². The second-order valence-corrected chi connectivity index (χ2v) is 7.36. The first-order chi connectivity index (χ1) is 11.7. The molecule has 3 atom stereocenters. The summed E-state index contributed by atoms with van der Waals surface area (Å²) in [7, 11) is 0. The highest BCUT2D eigenvalue weighted by molar-refractivity contribution is 7.99. The van der Waals surface area contributed by atoms with E-state index in [1.807, 2.05) is 30.3 Å². The number of rotatable bonds is 5. The van der Waals surface area contributed by atoms with Crippen molar-refractivity contribution in [1.82, 2.24) is 10.2 Å². The smallest absolute Gasteiger partial charge is 0.227 e. The van der Waals surface area contributed by atoms with Crippen molar-refractivity contribution < 1.29 is 14.4 Å². The van der Waals surface area contributed by atoms with E-state index >= 15 is 0 Å². The van der Waals surface area contributed by atoms with E-state index in [9.17, 15) is 14.4 Å². The number of thioether (sulfide) groups is 1. The van der Waals surface area contributed by atoms with E-state index in [1.165, 1.54) is 0 Å². The molecule has 3 rings (SSSR count). The summed E-state index contributed by atoms with van der Waals surface area (Å²) in [4.78, 5) is 38.1. The Bertz CT molecular complexity index is 608. The van der Waals surface area contributed by atoms with Crippen molar-refractivity contribution in [2.24, 2.45) is 11.8 Å². The predicted octanol–water partition coefficient (Wildman–Crippen LogP) is 1.82. The lowest BCUT2D eigenvalue weighted by molar-refractivity contribution is -0.142. The van der Waals surface area contributed by atoms with E-state index in [0.29, 0.717) is 18.2 Å². The maximum absolute atomic E-state index is 12.8. The third-order valence-corrected chi connectivity index (χ3v) is 5.88. The monoisotopic (exact) mass is 346 g/mol. The Kier molecular flexibility index (Phi) is 5.56. The average molecular weight is 346 g/mol. The second kappa shape index (κ2) is 7.83. The Morgan fingerprint density at radius 1 is 1.21 bits per heavy atom. The minimum Gasteiger partial charge on any atom is -0.352 e. The molecule has 1 saturated heterocycles. The Balaban J connectivity index is 1.61. The zero-order chi connectivity index (χ0) is 16.9. The summed E-state index contributed by atoms with van der Waals surface area (Å²) < 4.78 is 0. The van der Waals surface area contributed by atoms with E-state index in [0.717, 1.165) is 31.1 Å². The second-order valence-electron chi connectivity index (χ2n) is 6.36. The largest absolute Gasteiger partial charge is 0.352 e. The lowest BCUT2D eigenvalue weighted by Gasteiger charge is -2.26. The van der Waals surface area contributed by atoms with Gasteiger partial charge < -0.3 is 15.0 Å². The molecule has 1 heterocycles. The van der Waals surface area contributed by atoms with Crippen molar-refractivity contribution in [3.8, 4) is 0 Å². The van der Waals surface area contributed by atoms with Gasteiger partial charge in [-0.05, 0) is 18.4 Å². The van der Waals surface area contributed by atoms with E-state index in [4.69, 9.17) is 0 Å². The van der Waals surface area contributed by atoms with Crippen molar-refractivity contribution in [1.29, 1.82) is 0 Å². The van der Waals surface area contributed by atoms with Crippen LogP contribution in [0.4, 0.5) is 0 Å². The van der Waals surface area contributed by atoms with E-state index in [2.05, 4.69) is 5.32 Å². The minimum atomic E-state index is -0.337. The molecule has 1 aliphatic heterocycles. The first-order valence-electron chi connectivity index (χ1n) is 8.36. The highest BCUT2D eigenvalue weighted by atomic mass is 32.2. The van der Waals surface area contributed by atoms with Gasteiger partial charge in [-0.3, -0.25) is 9.59 Å². The van der Waals surface area contributed by atoms with Crippen LogP contribution in [-0.2, 0) is 20.9 Å². The van der Waals surface area contributed by atoms with Crippen LogP contribution in [0.15, 0.2) is 30.3 Å².